The molecule has 0 aliphatic carbocycles. The van der Waals surface area contributed by atoms with E-state index < -0.39 is 0 Å². The fourth-order valence-corrected chi connectivity index (χ4v) is 3.91. The van der Waals surface area contributed by atoms with Crippen LogP contribution < -0.4 is 0 Å². The van der Waals surface area contributed by atoms with Crippen molar-refractivity contribution >= 4 is 0 Å². The average molecular weight is 327 g/mol. The van der Waals surface area contributed by atoms with E-state index in [0.29, 0.717) is 17.1 Å². The van der Waals surface area contributed by atoms with E-state index >= 15 is 0 Å². The van der Waals surface area contributed by atoms with Crippen LogP contribution in [0.15, 0.2) is 28.8 Å². The molecular weight excluding hydrogens is 302 g/mol. The van der Waals surface area contributed by atoms with Crippen molar-refractivity contribution in [3.05, 3.63) is 35.7 Å². The molecule has 2 aliphatic rings. The SMILES string of the molecule is CCc1ccc(-c2noc(CN3CCC4(CCCOC4)C3)n2)cc1. The van der Waals surface area contributed by atoms with Gasteiger partial charge in [-0.05, 0) is 37.8 Å². The molecule has 24 heavy (non-hydrogen) atoms. The molecule has 0 saturated carbocycles. The van der Waals surface area contributed by atoms with Gasteiger partial charge in [-0.3, -0.25) is 4.90 Å². The number of benzene rings is 1. The monoisotopic (exact) mass is 327 g/mol. The van der Waals surface area contributed by atoms with Crippen molar-refractivity contribution in [2.24, 2.45) is 5.41 Å². The molecule has 128 valence electrons. The van der Waals surface area contributed by atoms with Crippen molar-refractivity contribution < 1.29 is 9.26 Å². The van der Waals surface area contributed by atoms with Crippen molar-refractivity contribution in [3.63, 3.8) is 0 Å². The second-order valence-corrected chi connectivity index (χ2v) is 7.18. The molecule has 0 radical (unpaired) electrons. The minimum atomic E-state index is 0.358. The third-order valence-corrected chi connectivity index (χ3v) is 5.37. The lowest BCUT2D eigenvalue weighted by Gasteiger charge is -2.33. The number of aryl methyl sites for hydroxylation is 1. The van der Waals surface area contributed by atoms with E-state index in [9.17, 15) is 0 Å². The molecule has 4 rings (SSSR count). The summed E-state index contributed by atoms with van der Waals surface area (Å²) in [4.78, 5) is 7.01. The van der Waals surface area contributed by atoms with Gasteiger partial charge in [-0.25, -0.2) is 0 Å². The summed E-state index contributed by atoms with van der Waals surface area (Å²) >= 11 is 0. The maximum absolute atomic E-state index is 5.71. The highest BCUT2D eigenvalue weighted by Gasteiger charge is 2.39. The van der Waals surface area contributed by atoms with E-state index in [-0.39, 0.29) is 0 Å². The van der Waals surface area contributed by atoms with Gasteiger partial charge in [0, 0.05) is 24.1 Å². The van der Waals surface area contributed by atoms with Crippen molar-refractivity contribution in [1.82, 2.24) is 15.0 Å². The van der Waals surface area contributed by atoms with Crippen LogP contribution in [-0.2, 0) is 17.7 Å². The fourth-order valence-electron chi connectivity index (χ4n) is 3.91. The van der Waals surface area contributed by atoms with E-state index in [1.54, 1.807) is 0 Å². The first-order valence-corrected chi connectivity index (χ1v) is 8.98. The number of likely N-dealkylation sites (tertiary alicyclic amines) is 1. The lowest BCUT2D eigenvalue weighted by atomic mass is 9.82. The number of rotatable bonds is 4. The van der Waals surface area contributed by atoms with Crippen LogP contribution in [0.25, 0.3) is 11.4 Å². The summed E-state index contributed by atoms with van der Waals surface area (Å²) in [5.41, 5.74) is 2.69. The Morgan fingerprint density at radius 2 is 2.08 bits per heavy atom. The van der Waals surface area contributed by atoms with E-state index in [1.807, 2.05) is 0 Å². The summed E-state index contributed by atoms with van der Waals surface area (Å²) in [6.07, 6.45) is 4.72. The highest BCUT2D eigenvalue weighted by Crippen LogP contribution is 2.38. The molecule has 3 heterocycles. The molecule has 2 aliphatic heterocycles. The first-order chi connectivity index (χ1) is 11.8. The topological polar surface area (TPSA) is 51.4 Å². The molecule has 2 saturated heterocycles. The zero-order chi connectivity index (χ0) is 16.4. The van der Waals surface area contributed by atoms with E-state index in [4.69, 9.17) is 9.26 Å². The van der Waals surface area contributed by atoms with Crippen molar-refractivity contribution in [1.29, 1.82) is 0 Å². The van der Waals surface area contributed by atoms with Crippen LogP contribution in [0.4, 0.5) is 0 Å². The van der Waals surface area contributed by atoms with E-state index in [2.05, 4.69) is 46.2 Å². The van der Waals surface area contributed by atoms with Gasteiger partial charge in [0.1, 0.15) is 0 Å². The Hall–Kier alpha value is -1.72. The van der Waals surface area contributed by atoms with Gasteiger partial charge in [0.15, 0.2) is 0 Å². The van der Waals surface area contributed by atoms with Gasteiger partial charge in [0.25, 0.3) is 0 Å². The summed E-state index contributed by atoms with van der Waals surface area (Å²) in [5.74, 6) is 1.39. The van der Waals surface area contributed by atoms with Gasteiger partial charge in [-0.15, -0.1) is 0 Å². The Labute approximate surface area is 143 Å². The molecule has 1 unspecified atom stereocenters. The summed E-state index contributed by atoms with van der Waals surface area (Å²) < 4.78 is 11.2. The lowest BCUT2D eigenvalue weighted by Crippen LogP contribution is -2.34. The van der Waals surface area contributed by atoms with Crippen LogP contribution in [0.3, 0.4) is 0 Å². The van der Waals surface area contributed by atoms with Gasteiger partial charge >= 0.3 is 0 Å². The number of nitrogens with zero attached hydrogens (tertiary/aromatic N) is 3. The third kappa shape index (κ3) is 3.23. The molecule has 5 heteroatoms. The summed E-state index contributed by atoms with van der Waals surface area (Å²) in [7, 11) is 0. The minimum Gasteiger partial charge on any atom is -0.381 e. The Morgan fingerprint density at radius 3 is 2.83 bits per heavy atom. The molecule has 1 aromatic heterocycles. The van der Waals surface area contributed by atoms with Crippen molar-refractivity contribution in [2.45, 2.75) is 39.2 Å². The first-order valence-electron chi connectivity index (χ1n) is 8.98. The van der Waals surface area contributed by atoms with Gasteiger partial charge in [-0.1, -0.05) is 36.3 Å². The summed E-state index contributed by atoms with van der Waals surface area (Å²) in [6, 6.07) is 8.38. The van der Waals surface area contributed by atoms with Gasteiger partial charge < -0.3 is 9.26 Å². The van der Waals surface area contributed by atoms with Crippen molar-refractivity contribution in [3.8, 4) is 11.4 Å². The highest BCUT2D eigenvalue weighted by molar-refractivity contribution is 5.54. The van der Waals surface area contributed by atoms with Crippen LogP contribution in [-0.4, -0.2) is 41.3 Å². The molecule has 1 atom stereocenters. The minimum absolute atomic E-state index is 0.358. The average Bonchev–Trinajstić information content (AvgIpc) is 3.24. The number of hydrogen-bond acceptors (Lipinski definition) is 5. The second kappa shape index (κ2) is 6.65. The van der Waals surface area contributed by atoms with Gasteiger partial charge in [0.05, 0.1) is 13.2 Å². The molecule has 2 fully saturated rings. The Balaban J connectivity index is 1.40. The summed E-state index contributed by atoms with van der Waals surface area (Å²) in [5, 5.41) is 4.15. The van der Waals surface area contributed by atoms with Crippen LogP contribution in [0.1, 0.15) is 37.6 Å². The molecule has 5 nitrogen and oxygen atoms in total. The quantitative estimate of drug-likeness (QED) is 0.862. The summed E-state index contributed by atoms with van der Waals surface area (Å²) in [6.45, 7) is 6.89. The van der Waals surface area contributed by atoms with Crippen molar-refractivity contribution in [2.75, 3.05) is 26.3 Å². The van der Waals surface area contributed by atoms with Gasteiger partial charge in [0.2, 0.25) is 11.7 Å². The van der Waals surface area contributed by atoms with Crippen LogP contribution >= 0.6 is 0 Å². The van der Waals surface area contributed by atoms with E-state index in [0.717, 1.165) is 44.8 Å². The van der Waals surface area contributed by atoms with Crippen LogP contribution in [0.2, 0.25) is 0 Å². The maximum Gasteiger partial charge on any atom is 0.241 e. The third-order valence-electron chi connectivity index (χ3n) is 5.37. The zero-order valence-corrected chi connectivity index (χ0v) is 14.3. The van der Waals surface area contributed by atoms with Crippen LogP contribution in [0.5, 0.6) is 0 Å². The number of ether oxygens (including phenoxy) is 1. The highest BCUT2D eigenvalue weighted by atomic mass is 16.5. The number of hydrogen-bond donors (Lipinski definition) is 0. The molecule has 1 spiro atoms. The van der Waals surface area contributed by atoms with Gasteiger partial charge in [-0.2, -0.15) is 4.98 Å². The largest absolute Gasteiger partial charge is 0.381 e. The molecule has 2 aromatic rings. The number of aromatic nitrogens is 2. The van der Waals surface area contributed by atoms with E-state index in [1.165, 1.54) is 24.8 Å². The fraction of sp³-hybridized carbons (Fsp3) is 0.579. The Kier molecular flexibility index (Phi) is 4.37. The predicted octanol–water partition coefficient (Wildman–Crippen LogP) is 3.30. The Bertz CT molecular complexity index is 674. The first kappa shape index (κ1) is 15.8. The second-order valence-electron chi connectivity index (χ2n) is 7.18. The molecular formula is C19H25N3O2. The molecule has 1 aromatic carbocycles. The standard InChI is InChI=1S/C19H25N3O2/c1-2-15-4-6-16(7-5-15)18-20-17(24-21-18)12-22-10-9-19(13-22)8-3-11-23-14-19/h4-7H,2-3,8-14H2,1H3. The normalized spacial score (nSPS) is 24.7. The molecule has 0 amide bonds. The molecule has 0 N–H and O–H groups in total. The molecule has 0 bridgehead atoms. The Morgan fingerprint density at radius 1 is 1.21 bits per heavy atom. The predicted molar refractivity (Wildman–Crippen MR) is 91.5 cm³/mol. The lowest BCUT2D eigenvalue weighted by molar-refractivity contribution is -0.00288. The van der Waals surface area contributed by atoms with Crippen LogP contribution in [0, 0.1) is 5.41 Å². The maximum atomic E-state index is 5.71. The smallest absolute Gasteiger partial charge is 0.241 e. The zero-order valence-electron chi connectivity index (χ0n) is 14.3.